The van der Waals surface area contributed by atoms with Gasteiger partial charge in [-0.1, -0.05) is 73.5 Å². The normalized spacial score (nSPS) is 17.4. The van der Waals surface area contributed by atoms with Gasteiger partial charge in [0.25, 0.3) is 5.78 Å². The van der Waals surface area contributed by atoms with E-state index in [1.807, 2.05) is 58.0 Å². The number of fused-ring (bicyclic) bond motifs is 1. The summed E-state index contributed by atoms with van der Waals surface area (Å²) in [5, 5.41) is 12.5. The number of aliphatic hydroxyl groups is 1. The minimum absolute atomic E-state index is 0.0166. The molecule has 1 N–H and O–H groups in total. The highest BCUT2D eigenvalue weighted by molar-refractivity contribution is 7.22. The van der Waals surface area contributed by atoms with Crippen molar-refractivity contribution in [3.05, 3.63) is 93.5 Å². The number of hydrogen-bond acceptors (Lipinski definition) is 6. The molecule has 0 saturated carbocycles. The van der Waals surface area contributed by atoms with Gasteiger partial charge < -0.3 is 9.84 Å². The van der Waals surface area contributed by atoms with Crippen molar-refractivity contribution in [2.75, 3.05) is 12.0 Å². The number of carbonyl (C=O) groups is 2. The number of amides is 1. The summed E-state index contributed by atoms with van der Waals surface area (Å²) < 4.78 is 6.34. The number of methoxy groups -OCH3 is 1. The molecule has 1 saturated heterocycles. The molecule has 0 aliphatic carbocycles. The van der Waals surface area contributed by atoms with Gasteiger partial charge in [-0.3, -0.25) is 14.5 Å². The van der Waals surface area contributed by atoms with E-state index >= 15 is 0 Å². The van der Waals surface area contributed by atoms with Crippen LogP contribution in [0.1, 0.15) is 49.1 Å². The van der Waals surface area contributed by atoms with Crippen LogP contribution in [0.3, 0.4) is 0 Å². The van der Waals surface area contributed by atoms with Gasteiger partial charge in [-0.15, -0.1) is 0 Å². The van der Waals surface area contributed by atoms with Crippen molar-refractivity contribution in [2.45, 2.75) is 39.2 Å². The zero-order chi connectivity index (χ0) is 27.4. The fourth-order valence-electron chi connectivity index (χ4n) is 4.77. The van der Waals surface area contributed by atoms with Gasteiger partial charge in [-0.2, -0.15) is 0 Å². The van der Waals surface area contributed by atoms with Crippen LogP contribution in [0.5, 0.6) is 5.75 Å². The molecule has 1 aliphatic rings. The van der Waals surface area contributed by atoms with Gasteiger partial charge in [0.15, 0.2) is 5.13 Å². The predicted molar refractivity (Wildman–Crippen MR) is 152 cm³/mol. The number of anilines is 1. The molecule has 5 rings (SSSR count). The molecule has 4 aromatic rings. The van der Waals surface area contributed by atoms with E-state index in [0.717, 1.165) is 15.8 Å². The third kappa shape index (κ3) is 4.46. The molecule has 8 heteroatoms. The third-order valence-corrected chi connectivity index (χ3v) is 7.88. The largest absolute Gasteiger partial charge is 0.507 e. The minimum Gasteiger partial charge on any atom is -0.507 e. The molecule has 3 aromatic carbocycles. The lowest BCUT2D eigenvalue weighted by molar-refractivity contribution is -0.132. The highest BCUT2D eigenvalue weighted by atomic mass is 35.5. The van der Waals surface area contributed by atoms with Crippen LogP contribution in [0.15, 0.2) is 66.2 Å². The third-order valence-electron chi connectivity index (χ3n) is 6.63. The monoisotopic (exact) mass is 546 g/mol. The minimum atomic E-state index is -0.855. The summed E-state index contributed by atoms with van der Waals surface area (Å²) in [4.78, 5) is 33.1. The lowest BCUT2D eigenvalue weighted by atomic mass is 9.84. The summed E-state index contributed by atoms with van der Waals surface area (Å²) in [6, 6.07) is 17.3. The van der Waals surface area contributed by atoms with Crippen LogP contribution in [0.4, 0.5) is 5.13 Å². The highest BCUT2D eigenvalue weighted by Crippen LogP contribution is 2.45. The summed E-state index contributed by atoms with van der Waals surface area (Å²) in [6.45, 7) is 8.06. The maximum Gasteiger partial charge on any atom is 0.301 e. The number of Topliss-reactive ketones (excluding diaryl/α,β-unsaturated/α-hetero) is 1. The Bertz CT molecular complexity index is 1630. The number of aliphatic hydroxyl groups excluding tert-OH is 1. The Labute approximate surface area is 230 Å². The summed E-state index contributed by atoms with van der Waals surface area (Å²) >= 11 is 7.45. The summed E-state index contributed by atoms with van der Waals surface area (Å²) in [5.74, 6) is -1.07. The molecule has 1 aliphatic heterocycles. The molecule has 1 atom stereocenters. The van der Waals surface area contributed by atoms with Crippen LogP contribution < -0.4 is 9.64 Å². The van der Waals surface area contributed by atoms with Gasteiger partial charge in [0.1, 0.15) is 11.5 Å². The Morgan fingerprint density at radius 3 is 2.53 bits per heavy atom. The molecular weight excluding hydrogens is 520 g/mol. The number of hydrogen-bond donors (Lipinski definition) is 1. The average molecular weight is 547 g/mol. The van der Waals surface area contributed by atoms with Crippen LogP contribution in [0, 0.1) is 6.92 Å². The van der Waals surface area contributed by atoms with Crippen molar-refractivity contribution < 1.29 is 19.4 Å². The van der Waals surface area contributed by atoms with Crippen molar-refractivity contribution >= 4 is 55.7 Å². The maximum absolute atomic E-state index is 13.6. The first-order chi connectivity index (χ1) is 18.0. The number of rotatable bonds is 4. The lowest BCUT2D eigenvalue weighted by Gasteiger charge is -2.24. The number of halogens is 1. The van der Waals surface area contributed by atoms with E-state index in [2.05, 4.69) is 4.98 Å². The fourth-order valence-corrected chi connectivity index (χ4v) is 6.04. The van der Waals surface area contributed by atoms with Crippen molar-refractivity contribution in [3.63, 3.8) is 0 Å². The van der Waals surface area contributed by atoms with Crippen molar-refractivity contribution in [2.24, 2.45) is 0 Å². The van der Waals surface area contributed by atoms with Crippen LogP contribution >= 0.6 is 22.9 Å². The molecule has 0 radical (unpaired) electrons. The number of benzene rings is 3. The van der Waals surface area contributed by atoms with Crippen LogP contribution in [0.25, 0.3) is 16.0 Å². The Morgan fingerprint density at radius 2 is 1.84 bits per heavy atom. The number of carbonyl (C=O) groups excluding carboxylic acids is 2. The Hall–Kier alpha value is -3.68. The molecular formula is C30H27ClN2O4S. The fraction of sp³-hybridized carbons (Fsp3) is 0.233. The van der Waals surface area contributed by atoms with E-state index in [1.165, 1.54) is 16.2 Å². The van der Waals surface area contributed by atoms with E-state index in [9.17, 15) is 14.7 Å². The first-order valence-corrected chi connectivity index (χ1v) is 13.3. The van der Waals surface area contributed by atoms with E-state index in [-0.39, 0.29) is 16.7 Å². The van der Waals surface area contributed by atoms with E-state index in [4.69, 9.17) is 16.3 Å². The number of aryl methyl sites for hydroxylation is 1. The quantitative estimate of drug-likeness (QED) is 0.166. The van der Waals surface area contributed by atoms with Gasteiger partial charge in [0.2, 0.25) is 0 Å². The molecule has 0 bridgehead atoms. The Morgan fingerprint density at radius 1 is 1.08 bits per heavy atom. The molecule has 1 amide bonds. The topological polar surface area (TPSA) is 79.7 Å². The van der Waals surface area contributed by atoms with Crippen LogP contribution in [-0.2, 0) is 15.0 Å². The highest BCUT2D eigenvalue weighted by Gasteiger charge is 2.48. The molecule has 38 heavy (non-hydrogen) atoms. The molecule has 1 unspecified atom stereocenters. The zero-order valence-corrected chi connectivity index (χ0v) is 23.3. The number of ketones is 1. The molecule has 0 spiro atoms. The number of thiazole rings is 1. The first kappa shape index (κ1) is 25.9. The molecule has 2 heterocycles. The number of ether oxygens (including phenoxy) is 1. The maximum atomic E-state index is 13.6. The second-order valence-corrected chi connectivity index (χ2v) is 11.8. The Kier molecular flexibility index (Phi) is 6.53. The van der Waals surface area contributed by atoms with Gasteiger partial charge >= 0.3 is 5.91 Å². The number of nitrogens with zero attached hydrogens (tertiary/aromatic N) is 2. The van der Waals surface area contributed by atoms with Gasteiger partial charge in [-0.25, -0.2) is 4.98 Å². The van der Waals surface area contributed by atoms with Gasteiger partial charge in [-0.05, 0) is 54.3 Å². The van der Waals surface area contributed by atoms with Gasteiger partial charge in [0.05, 0.1) is 28.9 Å². The first-order valence-electron chi connectivity index (χ1n) is 12.1. The average Bonchev–Trinajstić information content (AvgIpc) is 3.40. The zero-order valence-electron chi connectivity index (χ0n) is 21.7. The van der Waals surface area contributed by atoms with Gasteiger partial charge in [0, 0.05) is 16.1 Å². The Balaban J connectivity index is 1.74. The van der Waals surface area contributed by atoms with Crippen LogP contribution in [0.2, 0.25) is 5.02 Å². The summed E-state index contributed by atoms with van der Waals surface area (Å²) in [7, 11) is 1.60. The number of aromatic nitrogens is 1. The van der Waals surface area contributed by atoms with E-state index < -0.39 is 17.7 Å². The molecule has 1 fully saturated rings. The van der Waals surface area contributed by atoms with E-state index in [1.54, 1.807) is 37.4 Å². The smallest absolute Gasteiger partial charge is 0.301 e. The predicted octanol–water partition coefficient (Wildman–Crippen LogP) is 7.19. The molecule has 194 valence electrons. The SMILES string of the molecule is COc1ccc(/C(O)=C2\C(=O)C(=O)N(c3nc4ccc(Cl)cc4s3)C2c2cccc(C)c2)cc1C(C)(C)C. The van der Waals surface area contributed by atoms with Crippen LogP contribution in [-0.4, -0.2) is 28.9 Å². The summed E-state index contributed by atoms with van der Waals surface area (Å²) in [5.41, 5.74) is 3.37. The summed E-state index contributed by atoms with van der Waals surface area (Å²) in [6.07, 6.45) is 0. The second-order valence-electron chi connectivity index (χ2n) is 10.4. The second kappa shape index (κ2) is 9.57. The molecule has 1 aromatic heterocycles. The van der Waals surface area contributed by atoms with E-state index in [0.29, 0.717) is 32.5 Å². The van der Waals surface area contributed by atoms with Crippen molar-refractivity contribution in [3.8, 4) is 5.75 Å². The van der Waals surface area contributed by atoms with Crippen molar-refractivity contribution in [1.82, 2.24) is 4.98 Å². The standard InChI is InChI=1S/C30H27ClN2O4S/c1-16-7-6-8-17(13-16)25-24(26(34)18-9-12-22(37-5)20(14-18)30(2,3)4)27(35)28(36)33(25)29-32-21-11-10-19(31)15-23(21)38-29/h6-15,25,34H,1-5H3/b26-24+. The lowest BCUT2D eigenvalue weighted by Crippen LogP contribution is -2.29. The molecule has 6 nitrogen and oxygen atoms in total. The van der Waals surface area contributed by atoms with Crippen molar-refractivity contribution in [1.29, 1.82) is 0 Å².